The Kier molecular flexibility index (Phi) is 13.1. The van der Waals surface area contributed by atoms with Crippen LogP contribution < -0.4 is 24.8 Å². The Balaban J connectivity index is 0.000000190. The van der Waals surface area contributed by atoms with Crippen molar-refractivity contribution in [2.45, 2.75) is 58.8 Å². The Morgan fingerprint density at radius 1 is 0.560 bits per heavy atom. The van der Waals surface area contributed by atoms with Gasteiger partial charge in [0.2, 0.25) is 0 Å². The number of rotatable bonds is 2. The molecule has 0 atom stereocenters. The van der Waals surface area contributed by atoms with Gasteiger partial charge in [0, 0.05) is 0 Å². The molecule has 50 heavy (non-hydrogen) atoms. The van der Waals surface area contributed by atoms with Gasteiger partial charge in [0.15, 0.2) is 0 Å². The predicted octanol–water partition coefficient (Wildman–Crippen LogP) is 6.73. The third kappa shape index (κ3) is 8.87. The molecule has 0 aromatic heterocycles. The predicted molar refractivity (Wildman–Crippen MR) is 207 cm³/mol. The normalized spacial score (nSPS) is 12.2. The van der Waals surface area contributed by atoms with Crippen LogP contribution in [0, 0.1) is 6.08 Å². The summed E-state index contributed by atoms with van der Waals surface area (Å²) in [5.74, 6) is 0. The first-order valence-electron chi connectivity index (χ1n) is 16.9. The summed E-state index contributed by atoms with van der Waals surface area (Å²) in [6, 6.07) is 46.6. The van der Waals surface area contributed by atoms with Crippen LogP contribution in [0.3, 0.4) is 0 Å². The van der Waals surface area contributed by atoms with Gasteiger partial charge in [0.25, 0.3) is 0 Å². The number of halogens is 2. The van der Waals surface area contributed by atoms with Gasteiger partial charge in [-0.3, -0.25) is 6.08 Å². The summed E-state index contributed by atoms with van der Waals surface area (Å²) in [5.41, 5.74) is 5.92. The first kappa shape index (κ1) is 39.3. The Hall–Kier alpha value is -3.48. The van der Waals surface area contributed by atoms with Crippen molar-refractivity contribution in [1.29, 1.82) is 0 Å². The monoisotopic (exact) mass is 768 g/mol. The zero-order chi connectivity index (χ0) is 33.9. The van der Waals surface area contributed by atoms with Crippen molar-refractivity contribution in [2.75, 3.05) is 0 Å². The van der Waals surface area contributed by atoms with Gasteiger partial charge in [0.1, 0.15) is 0 Å². The fraction of sp³-hybridized carbons (Fsp3) is 0.191. The minimum atomic E-state index is 0. The standard InChI is InChI=1S/C21H14.C21H25.C5H5.2ClH.Zr/c1-3-13-20-16(7-1)9-5-11-18(20)15-19-12-6-10-17-8-2-4-14-21(17)19;1-20(2,3)16-7-9-18-14(12-16)11-15-13-17(21(4,5)6)8-10-19(15)18;1-2-4-5-3-1;;;/h1-14H;7-13H,1-6H3;1-3H,4H2;2*1H;/q;2*-1;;;+2/p-2. The summed E-state index contributed by atoms with van der Waals surface area (Å²) in [6.45, 7) is 13.6. The average Bonchev–Trinajstić information content (AvgIpc) is 3.79. The molecule has 3 heteroatoms. The molecule has 0 bridgehead atoms. The van der Waals surface area contributed by atoms with Gasteiger partial charge in [-0.1, -0.05) is 76.9 Å². The molecule has 0 heterocycles. The van der Waals surface area contributed by atoms with Crippen molar-refractivity contribution in [3.63, 3.8) is 0 Å². The van der Waals surface area contributed by atoms with E-state index in [2.05, 4.69) is 181 Å². The summed E-state index contributed by atoms with van der Waals surface area (Å²) >= 11 is 1.44. The molecular weight excluding hydrogens is 727 g/mol. The van der Waals surface area contributed by atoms with Crippen LogP contribution in [0.4, 0.5) is 0 Å². The molecule has 0 saturated carbocycles. The molecule has 252 valence electrons. The Morgan fingerprint density at radius 3 is 1.38 bits per heavy atom. The van der Waals surface area contributed by atoms with Crippen molar-refractivity contribution in [1.82, 2.24) is 0 Å². The van der Waals surface area contributed by atoms with Gasteiger partial charge >= 0.3 is 145 Å². The van der Waals surface area contributed by atoms with Crippen LogP contribution >= 0.6 is 0 Å². The fourth-order valence-electron chi connectivity index (χ4n) is 6.33. The van der Waals surface area contributed by atoms with E-state index >= 15 is 0 Å². The minimum absolute atomic E-state index is 0. The van der Waals surface area contributed by atoms with Gasteiger partial charge in [-0.15, -0.1) is 46.2 Å². The van der Waals surface area contributed by atoms with Gasteiger partial charge < -0.3 is 24.8 Å². The molecule has 0 fully saturated rings. The van der Waals surface area contributed by atoms with E-state index in [1.807, 2.05) is 12.2 Å². The molecule has 0 amide bonds. The molecular formula is C47H44Cl2Zr-2. The first-order chi connectivity index (χ1) is 23.0. The van der Waals surface area contributed by atoms with Crippen molar-refractivity contribution < 1.29 is 49.0 Å². The van der Waals surface area contributed by atoms with E-state index in [1.54, 1.807) is 0 Å². The second-order valence-corrected chi connectivity index (χ2v) is 15.9. The van der Waals surface area contributed by atoms with Crippen LogP contribution in [0.25, 0.3) is 43.1 Å². The summed E-state index contributed by atoms with van der Waals surface area (Å²) in [7, 11) is 0. The second kappa shape index (κ2) is 16.7. The van der Waals surface area contributed by atoms with Crippen LogP contribution in [0.15, 0.2) is 146 Å². The Morgan fingerprint density at radius 2 is 1.00 bits per heavy atom. The molecule has 0 nitrogen and oxygen atoms in total. The maximum atomic E-state index is 2.99. The third-order valence-corrected chi connectivity index (χ3v) is 10.5. The van der Waals surface area contributed by atoms with E-state index < -0.39 is 0 Å². The van der Waals surface area contributed by atoms with Gasteiger partial charge in [-0.2, -0.15) is 6.08 Å². The van der Waals surface area contributed by atoms with Crippen molar-refractivity contribution in [3.8, 4) is 0 Å². The number of allylic oxidation sites excluding steroid dienone is 4. The van der Waals surface area contributed by atoms with E-state index in [0.29, 0.717) is 0 Å². The number of fused-ring (bicyclic) bond motifs is 5. The molecule has 0 saturated heterocycles. The van der Waals surface area contributed by atoms with Crippen LogP contribution in [0.2, 0.25) is 0 Å². The summed E-state index contributed by atoms with van der Waals surface area (Å²) in [6.07, 6.45) is 10.0. The summed E-state index contributed by atoms with van der Waals surface area (Å²) in [5, 5.41) is 10.8. The van der Waals surface area contributed by atoms with Gasteiger partial charge in [0.05, 0.1) is 0 Å². The second-order valence-electron chi connectivity index (χ2n) is 14.7. The fourth-order valence-corrected chi connectivity index (χ4v) is 7.40. The molecule has 1 aliphatic rings. The number of benzene rings is 6. The van der Waals surface area contributed by atoms with E-state index in [-0.39, 0.29) is 35.6 Å². The van der Waals surface area contributed by atoms with E-state index in [4.69, 9.17) is 0 Å². The van der Waals surface area contributed by atoms with Crippen molar-refractivity contribution in [2.24, 2.45) is 0 Å². The van der Waals surface area contributed by atoms with E-state index in [9.17, 15) is 0 Å². The molecule has 0 aliphatic heterocycles. The first-order valence-corrected chi connectivity index (χ1v) is 18.1. The number of hydrogen-bond donors (Lipinski definition) is 0. The summed E-state index contributed by atoms with van der Waals surface area (Å²) in [4.78, 5) is 0. The zero-order valence-electron chi connectivity index (χ0n) is 29.8. The third-order valence-electron chi connectivity index (χ3n) is 9.14. The van der Waals surface area contributed by atoms with Crippen molar-refractivity contribution in [3.05, 3.63) is 174 Å². The molecule has 0 N–H and O–H groups in total. The van der Waals surface area contributed by atoms with Crippen LogP contribution in [-0.4, -0.2) is 3.21 Å². The van der Waals surface area contributed by atoms with Gasteiger partial charge in [-0.05, 0) is 10.8 Å². The quantitative estimate of drug-likeness (QED) is 0.171. The van der Waals surface area contributed by atoms with Crippen LogP contribution in [-0.2, 0) is 35.1 Å². The SMILES string of the molecule is CC(C)(C)c1ccc2c(c1)[cH-]c1cc(C(C)(C)C)ccc12.[C-]1=CC=CC1.[Cl-].[Cl-].[Zr+2]=[C](c1cccc2ccccc12)c1cccc2ccccc12. The summed E-state index contributed by atoms with van der Waals surface area (Å²) < 4.78 is 1.42. The molecule has 8 rings (SSSR count). The van der Waals surface area contributed by atoms with Crippen molar-refractivity contribution >= 4 is 46.3 Å². The molecule has 0 spiro atoms. The Bertz CT molecular complexity index is 2130. The van der Waals surface area contributed by atoms with E-state index in [1.165, 1.54) is 92.8 Å². The van der Waals surface area contributed by atoms with E-state index in [0.717, 1.165) is 6.42 Å². The maximum absolute atomic E-state index is 2.99. The molecule has 7 aromatic carbocycles. The van der Waals surface area contributed by atoms with Crippen LogP contribution in [0.5, 0.6) is 0 Å². The van der Waals surface area contributed by atoms with Crippen LogP contribution in [0.1, 0.15) is 70.2 Å². The molecule has 7 aromatic rings. The zero-order valence-corrected chi connectivity index (χ0v) is 33.8. The molecule has 0 unspecified atom stereocenters. The topological polar surface area (TPSA) is 0 Å². The molecule has 1 aliphatic carbocycles. The Labute approximate surface area is 325 Å². The van der Waals surface area contributed by atoms with Gasteiger partial charge in [-0.25, -0.2) is 12.2 Å². The number of hydrogen-bond acceptors (Lipinski definition) is 0. The molecule has 0 radical (unpaired) electrons. The average molecular weight is 771 g/mol.